The Bertz CT molecular complexity index is 861. The first kappa shape index (κ1) is 16.3. The smallest absolute Gasteiger partial charge is 0.343 e. The lowest BCUT2D eigenvalue weighted by molar-refractivity contribution is 0.0735. The lowest BCUT2D eigenvalue weighted by atomic mass is 9.82. The van der Waals surface area contributed by atoms with Crippen molar-refractivity contribution in [1.82, 2.24) is 0 Å². The molecule has 0 N–H and O–H groups in total. The maximum absolute atomic E-state index is 12.4. The molecular formula is C22H22O2. The Hall–Kier alpha value is -2.61. The van der Waals surface area contributed by atoms with Crippen LogP contribution in [-0.2, 0) is 5.41 Å². The molecule has 0 aliphatic rings. The largest absolute Gasteiger partial charge is 0.423 e. The second-order valence-corrected chi connectivity index (χ2v) is 6.71. The van der Waals surface area contributed by atoms with Crippen LogP contribution < -0.4 is 4.74 Å². The first-order valence-electron chi connectivity index (χ1n) is 8.31. The summed E-state index contributed by atoms with van der Waals surface area (Å²) in [6, 6.07) is 21.4. The highest BCUT2D eigenvalue weighted by molar-refractivity contribution is 5.96. The molecule has 0 radical (unpaired) electrons. The van der Waals surface area contributed by atoms with E-state index in [1.807, 2.05) is 60.7 Å². The maximum atomic E-state index is 12.4. The number of ether oxygens (including phenoxy) is 1. The van der Waals surface area contributed by atoms with Gasteiger partial charge in [-0.3, -0.25) is 0 Å². The summed E-state index contributed by atoms with van der Waals surface area (Å²) in [7, 11) is 0. The van der Waals surface area contributed by atoms with Crippen LogP contribution in [0, 0.1) is 0 Å². The number of hydrogen-bond acceptors (Lipinski definition) is 2. The highest BCUT2D eigenvalue weighted by atomic mass is 16.5. The highest BCUT2D eigenvalue weighted by Gasteiger charge is 2.18. The predicted octanol–water partition coefficient (Wildman–Crippen LogP) is 5.75. The third-order valence-corrected chi connectivity index (χ3v) is 4.72. The molecule has 0 amide bonds. The quantitative estimate of drug-likeness (QED) is 0.452. The predicted molar refractivity (Wildman–Crippen MR) is 98.7 cm³/mol. The van der Waals surface area contributed by atoms with Gasteiger partial charge in [-0.25, -0.2) is 4.79 Å². The first-order chi connectivity index (χ1) is 11.5. The summed E-state index contributed by atoms with van der Waals surface area (Å²) in [5, 5.41) is 2.15. The van der Waals surface area contributed by atoms with Crippen molar-refractivity contribution in [3.63, 3.8) is 0 Å². The fourth-order valence-electron chi connectivity index (χ4n) is 2.66. The van der Waals surface area contributed by atoms with Gasteiger partial charge < -0.3 is 4.74 Å². The second-order valence-electron chi connectivity index (χ2n) is 6.71. The molecule has 0 saturated heterocycles. The number of carbonyl (C=O) groups is 1. The van der Waals surface area contributed by atoms with Gasteiger partial charge in [-0.15, -0.1) is 0 Å². The molecule has 0 fully saturated rings. The minimum Gasteiger partial charge on any atom is -0.423 e. The topological polar surface area (TPSA) is 26.3 Å². The molecule has 0 saturated carbocycles. The van der Waals surface area contributed by atoms with Crippen LogP contribution in [-0.4, -0.2) is 5.97 Å². The Morgan fingerprint density at radius 2 is 1.58 bits per heavy atom. The van der Waals surface area contributed by atoms with Crippen LogP contribution in [0.1, 0.15) is 43.1 Å². The maximum Gasteiger partial charge on any atom is 0.343 e. The van der Waals surface area contributed by atoms with Gasteiger partial charge in [0.2, 0.25) is 0 Å². The number of benzene rings is 3. The third kappa shape index (κ3) is 3.33. The Morgan fingerprint density at radius 1 is 0.917 bits per heavy atom. The van der Waals surface area contributed by atoms with Crippen molar-refractivity contribution in [2.75, 3.05) is 0 Å². The molecule has 0 aliphatic carbocycles. The molecule has 2 heteroatoms. The van der Waals surface area contributed by atoms with E-state index in [2.05, 4.69) is 20.8 Å². The normalized spacial score (nSPS) is 11.5. The summed E-state index contributed by atoms with van der Waals surface area (Å²) in [5.41, 5.74) is 1.93. The molecule has 122 valence electrons. The first-order valence-corrected chi connectivity index (χ1v) is 8.31. The van der Waals surface area contributed by atoms with Crippen LogP contribution in [0.3, 0.4) is 0 Å². The fraction of sp³-hybridized carbons (Fsp3) is 0.227. The number of esters is 1. The van der Waals surface area contributed by atoms with E-state index in [4.69, 9.17) is 4.74 Å². The van der Waals surface area contributed by atoms with Gasteiger partial charge in [-0.05, 0) is 52.4 Å². The molecule has 0 unspecified atom stereocenters. The standard InChI is InChI=1S/C22H22O2/c1-4-22(2,3)19-11-13-20(14-12-19)24-21(23)18-10-9-16-7-5-6-8-17(16)15-18/h5-15H,4H2,1-3H3. The molecule has 0 heterocycles. The van der Waals surface area contributed by atoms with Crippen LogP contribution in [0.4, 0.5) is 0 Å². The number of rotatable bonds is 4. The van der Waals surface area contributed by atoms with Gasteiger partial charge in [-0.1, -0.05) is 63.2 Å². The van der Waals surface area contributed by atoms with Gasteiger partial charge in [0.15, 0.2) is 0 Å². The van der Waals surface area contributed by atoms with Gasteiger partial charge in [-0.2, -0.15) is 0 Å². The molecule has 0 aliphatic heterocycles. The average Bonchev–Trinajstić information content (AvgIpc) is 2.61. The Morgan fingerprint density at radius 3 is 2.25 bits per heavy atom. The monoisotopic (exact) mass is 318 g/mol. The number of hydrogen-bond donors (Lipinski definition) is 0. The zero-order chi connectivity index (χ0) is 17.2. The summed E-state index contributed by atoms with van der Waals surface area (Å²) in [4.78, 5) is 12.4. The van der Waals surface area contributed by atoms with Gasteiger partial charge in [0.05, 0.1) is 5.56 Å². The second kappa shape index (κ2) is 6.48. The van der Waals surface area contributed by atoms with E-state index in [-0.39, 0.29) is 11.4 Å². The van der Waals surface area contributed by atoms with Crippen molar-refractivity contribution in [2.45, 2.75) is 32.6 Å². The van der Waals surface area contributed by atoms with Crippen molar-refractivity contribution in [3.05, 3.63) is 77.9 Å². The van der Waals surface area contributed by atoms with E-state index >= 15 is 0 Å². The molecule has 24 heavy (non-hydrogen) atoms. The van der Waals surface area contributed by atoms with Crippen molar-refractivity contribution >= 4 is 16.7 Å². The van der Waals surface area contributed by atoms with Crippen LogP contribution in [0.25, 0.3) is 10.8 Å². The van der Waals surface area contributed by atoms with E-state index in [0.29, 0.717) is 11.3 Å². The zero-order valence-electron chi connectivity index (χ0n) is 14.4. The van der Waals surface area contributed by atoms with Crippen molar-refractivity contribution in [2.24, 2.45) is 0 Å². The lowest BCUT2D eigenvalue weighted by Crippen LogP contribution is -2.15. The van der Waals surface area contributed by atoms with E-state index < -0.39 is 0 Å². The fourth-order valence-corrected chi connectivity index (χ4v) is 2.66. The minimum atomic E-state index is -0.330. The molecule has 0 spiro atoms. The lowest BCUT2D eigenvalue weighted by Gasteiger charge is -2.23. The molecule has 0 atom stereocenters. The van der Waals surface area contributed by atoms with Crippen LogP contribution in [0.2, 0.25) is 0 Å². The molecule has 0 bridgehead atoms. The molecule has 3 aromatic carbocycles. The van der Waals surface area contributed by atoms with Gasteiger partial charge >= 0.3 is 5.97 Å². The van der Waals surface area contributed by atoms with Crippen molar-refractivity contribution in [1.29, 1.82) is 0 Å². The van der Waals surface area contributed by atoms with E-state index in [0.717, 1.165) is 17.2 Å². The van der Waals surface area contributed by atoms with E-state index in [1.54, 1.807) is 6.07 Å². The van der Waals surface area contributed by atoms with E-state index in [9.17, 15) is 4.79 Å². The molecule has 3 rings (SSSR count). The van der Waals surface area contributed by atoms with Crippen molar-refractivity contribution < 1.29 is 9.53 Å². The summed E-state index contributed by atoms with van der Waals surface area (Å²) in [6.45, 7) is 6.60. The Kier molecular flexibility index (Phi) is 4.39. The number of carbonyl (C=O) groups excluding carboxylic acids is 1. The summed E-state index contributed by atoms with van der Waals surface area (Å²) in [6.07, 6.45) is 1.06. The SMILES string of the molecule is CCC(C)(C)c1ccc(OC(=O)c2ccc3ccccc3c2)cc1. The Balaban J connectivity index is 1.78. The Labute approximate surface area is 143 Å². The van der Waals surface area contributed by atoms with Crippen LogP contribution in [0.5, 0.6) is 5.75 Å². The van der Waals surface area contributed by atoms with Gasteiger partial charge in [0.1, 0.15) is 5.75 Å². The van der Waals surface area contributed by atoms with E-state index in [1.165, 1.54) is 5.56 Å². The molecular weight excluding hydrogens is 296 g/mol. The van der Waals surface area contributed by atoms with Crippen LogP contribution >= 0.6 is 0 Å². The minimum absolute atomic E-state index is 0.126. The van der Waals surface area contributed by atoms with Crippen molar-refractivity contribution in [3.8, 4) is 5.75 Å². The molecule has 0 aromatic heterocycles. The summed E-state index contributed by atoms with van der Waals surface area (Å²) in [5.74, 6) is 0.243. The highest BCUT2D eigenvalue weighted by Crippen LogP contribution is 2.28. The molecule has 2 nitrogen and oxygen atoms in total. The average molecular weight is 318 g/mol. The molecule has 3 aromatic rings. The third-order valence-electron chi connectivity index (χ3n) is 4.72. The van der Waals surface area contributed by atoms with Gasteiger partial charge in [0.25, 0.3) is 0 Å². The summed E-state index contributed by atoms with van der Waals surface area (Å²) >= 11 is 0. The zero-order valence-corrected chi connectivity index (χ0v) is 14.4. The summed E-state index contributed by atoms with van der Waals surface area (Å²) < 4.78 is 5.51. The van der Waals surface area contributed by atoms with Crippen LogP contribution in [0.15, 0.2) is 66.7 Å². The number of fused-ring (bicyclic) bond motifs is 1. The van der Waals surface area contributed by atoms with Gasteiger partial charge in [0, 0.05) is 0 Å².